The zero-order valence-electron chi connectivity index (χ0n) is 36.3. The normalized spacial score (nSPS) is 23.1. The second-order valence-corrected chi connectivity index (χ2v) is 18.1. The highest BCUT2D eigenvalue weighted by Crippen LogP contribution is 2.49. The summed E-state index contributed by atoms with van der Waals surface area (Å²) < 4.78 is 41.0. The fourth-order valence-corrected chi connectivity index (χ4v) is 10.0. The number of carbonyl (C=O) groups excluding carboxylic acids is 3. The average Bonchev–Trinajstić information content (AvgIpc) is 3.32. The summed E-state index contributed by atoms with van der Waals surface area (Å²) in [6, 6.07) is 10.9. The van der Waals surface area contributed by atoms with E-state index in [1.807, 2.05) is 12.1 Å². The molecule has 3 amide bonds. The van der Waals surface area contributed by atoms with Gasteiger partial charge >= 0.3 is 5.92 Å². The van der Waals surface area contributed by atoms with E-state index in [0.29, 0.717) is 35.8 Å². The van der Waals surface area contributed by atoms with Crippen molar-refractivity contribution in [3.05, 3.63) is 53.7 Å². The number of nitrogens with one attached hydrogen (secondary N) is 3. The fraction of sp³-hybridized carbons (Fsp3) is 0.578. The maximum atomic E-state index is 14.8. The maximum Gasteiger partial charge on any atom is 0.342 e. The highest BCUT2D eigenvalue weighted by Gasteiger charge is 2.48. The molecule has 8 rings (SSSR count). The van der Waals surface area contributed by atoms with E-state index >= 15 is 0 Å². The number of amides is 3. The molecule has 4 N–H and O–H groups in total. The molecule has 5 heterocycles. The van der Waals surface area contributed by atoms with Gasteiger partial charge in [0.05, 0.1) is 44.3 Å². The summed E-state index contributed by atoms with van der Waals surface area (Å²) >= 11 is 0. The van der Waals surface area contributed by atoms with Gasteiger partial charge in [-0.1, -0.05) is 6.07 Å². The summed E-state index contributed by atoms with van der Waals surface area (Å²) in [5.41, 5.74) is 3.37. The lowest BCUT2D eigenvalue weighted by atomic mass is 9.60. The average molecular weight is 860 g/mol. The molecule has 1 spiro atoms. The van der Waals surface area contributed by atoms with Crippen molar-refractivity contribution in [1.29, 1.82) is 0 Å². The van der Waals surface area contributed by atoms with Crippen LogP contribution in [0.2, 0.25) is 0 Å². The third kappa shape index (κ3) is 8.83. The fourth-order valence-electron chi connectivity index (χ4n) is 10.0. The number of carbonyl (C=O) groups is 3. The van der Waals surface area contributed by atoms with Crippen LogP contribution in [0.5, 0.6) is 11.5 Å². The molecule has 2 atom stereocenters. The standard InChI is InChI=1S/C45H59F2N9O6/c1-27(2)56-26-45(46,47)42(60)53(3)35-24-48-43(52-39(35)56)50-33-9-6-30(21-36(33)61-4)40(58)49-31-22-44(23-31)14-18-54(19-15-44)25-28-12-16-55(17-13-28)34-10-7-29(20-37(34)62-5)32-8-11-38(57)51-41(32)59/h6-7,9-10,20-21,24,27-28,31-32,38,57H,8,11-19,22-23,25-26H2,1-5H3,(H,49,58)(H,51,59)(H,48,50,52). The first kappa shape index (κ1) is 43.4. The quantitative estimate of drug-likeness (QED) is 0.198. The first-order valence-electron chi connectivity index (χ1n) is 21.8. The predicted octanol–water partition coefficient (Wildman–Crippen LogP) is 5.27. The van der Waals surface area contributed by atoms with Gasteiger partial charge in [-0.15, -0.1) is 0 Å². The molecule has 0 radical (unpaired) electrons. The molecule has 5 aliphatic rings. The van der Waals surface area contributed by atoms with Gasteiger partial charge in [-0.2, -0.15) is 13.8 Å². The van der Waals surface area contributed by atoms with Crippen LogP contribution in [0.3, 0.4) is 0 Å². The lowest BCUT2D eigenvalue weighted by molar-refractivity contribution is -0.140. The van der Waals surface area contributed by atoms with Crippen molar-refractivity contribution < 1.29 is 37.7 Å². The number of hydrogen-bond acceptors (Lipinski definition) is 12. The van der Waals surface area contributed by atoms with Crippen molar-refractivity contribution >= 4 is 46.5 Å². The van der Waals surface area contributed by atoms with Gasteiger partial charge < -0.3 is 50.1 Å². The number of nitrogens with zero attached hydrogens (tertiary/aromatic N) is 6. The van der Waals surface area contributed by atoms with Crippen molar-refractivity contribution in [1.82, 2.24) is 25.5 Å². The number of fused-ring (bicyclic) bond motifs is 1. The Morgan fingerprint density at radius 1 is 0.968 bits per heavy atom. The Morgan fingerprint density at radius 3 is 2.37 bits per heavy atom. The minimum absolute atomic E-state index is 0.107. The monoisotopic (exact) mass is 859 g/mol. The van der Waals surface area contributed by atoms with Crippen LogP contribution in [0, 0.1) is 11.3 Å². The second kappa shape index (κ2) is 17.5. The molecule has 3 saturated heterocycles. The van der Waals surface area contributed by atoms with E-state index in [-0.39, 0.29) is 52.7 Å². The van der Waals surface area contributed by atoms with Crippen LogP contribution in [-0.2, 0) is 9.59 Å². The predicted molar refractivity (Wildman–Crippen MR) is 232 cm³/mol. The van der Waals surface area contributed by atoms with E-state index in [4.69, 9.17) is 9.47 Å². The highest BCUT2D eigenvalue weighted by molar-refractivity contribution is 6.02. The van der Waals surface area contributed by atoms with Crippen LogP contribution < -0.4 is 40.1 Å². The largest absolute Gasteiger partial charge is 0.495 e. The minimum atomic E-state index is -3.59. The topological polar surface area (TPSA) is 165 Å². The summed E-state index contributed by atoms with van der Waals surface area (Å²) in [6.07, 6.45) is 8.12. The molecule has 4 fully saturated rings. The van der Waals surface area contributed by atoms with E-state index in [2.05, 4.69) is 41.8 Å². The molecule has 1 aromatic heterocycles. The van der Waals surface area contributed by atoms with Crippen LogP contribution in [0.4, 0.5) is 37.6 Å². The van der Waals surface area contributed by atoms with Crippen molar-refractivity contribution in [3.63, 3.8) is 0 Å². The Kier molecular flexibility index (Phi) is 12.2. The number of rotatable bonds is 11. The number of benzene rings is 2. The number of aliphatic hydroxyl groups is 1. The smallest absolute Gasteiger partial charge is 0.342 e. The number of alkyl halides is 2. The van der Waals surface area contributed by atoms with Gasteiger partial charge in [0.2, 0.25) is 11.9 Å². The Morgan fingerprint density at radius 2 is 1.69 bits per heavy atom. The Labute approximate surface area is 361 Å². The molecule has 0 bridgehead atoms. The van der Waals surface area contributed by atoms with E-state index in [9.17, 15) is 28.3 Å². The van der Waals surface area contributed by atoms with E-state index in [1.165, 1.54) is 25.3 Å². The molecule has 15 nitrogen and oxygen atoms in total. The SMILES string of the molecule is COc1cc(C(=O)NC2CC3(CCN(CC4CCN(c5ccc(C6CCC(O)NC6=O)cc5OC)CC4)CC3)C2)ccc1Nc1ncc2c(n1)N(C(C)C)CC(F)(F)C(=O)N2C. The van der Waals surface area contributed by atoms with Gasteiger partial charge in [-0.3, -0.25) is 14.4 Å². The number of piperidine rings is 3. The third-order valence-electron chi connectivity index (χ3n) is 13.7. The summed E-state index contributed by atoms with van der Waals surface area (Å²) in [4.78, 5) is 54.6. The summed E-state index contributed by atoms with van der Waals surface area (Å²) in [5, 5.41) is 18.8. The molecule has 62 heavy (non-hydrogen) atoms. The molecule has 3 aromatic rings. The van der Waals surface area contributed by atoms with Gasteiger partial charge in [0.1, 0.15) is 23.4 Å². The first-order chi connectivity index (χ1) is 29.7. The van der Waals surface area contributed by atoms with Crippen LogP contribution >= 0.6 is 0 Å². The molecular formula is C45H59F2N9O6. The first-order valence-corrected chi connectivity index (χ1v) is 21.8. The van der Waals surface area contributed by atoms with Crippen LogP contribution in [0.15, 0.2) is 42.6 Å². The number of likely N-dealkylation sites (tertiary alicyclic amines) is 1. The number of aromatic nitrogens is 2. The van der Waals surface area contributed by atoms with Crippen molar-refractivity contribution in [3.8, 4) is 11.5 Å². The summed E-state index contributed by atoms with van der Waals surface area (Å²) in [7, 11) is 4.47. The second-order valence-electron chi connectivity index (χ2n) is 18.1. The molecule has 17 heteroatoms. The van der Waals surface area contributed by atoms with Gasteiger partial charge in [-0.25, -0.2) is 4.98 Å². The number of halogens is 2. The molecule has 334 valence electrons. The number of methoxy groups -OCH3 is 2. The third-order valence-corrected chi connectivity index (χ3v) is 13.7. The van der Waals surface area contributed by atoms with Crippen molar-refractivity contribution in [2.24, 2.45) is 11.3 Å². The molecule has 4 aliphatic heterocycles. The van der Waals surface area contributed by atoms with Gasteiger partial charge in [0.15, 0.2) is 5.82 Å². The van der Waals surface area contributed by atoms with Crippen LogP contribution in [0.1, 0.15) is 87.1 Å². The van der Waals surface area contributed by atoms with Gasteiger partial charge in [0.25, 0.3) is 11.8 Å². The van der Waals surface area contributed by atoms with Crippen LogP contribution in [-0.4, -0.2) is 122 Å². The molecule has 2 unspecified atom stereocenters. The maximum absolute atomic E-state index is 14.8. The highest BCUT2D eigenvalue weighted by atomic mass is 19.3. The van der Waals surface area contributed by atoms with E-state index in [0.717, 1.165) is 93.1 Å². The van der Waals surface area contributed by atoms with Crippen LogP contribution in [0.25, 0.3) is 0 Å². The lowest BCUT2D eigenvalue weighted by Crippen LogP contribution is -2.55. The summed E-state index contributed by atoms with van der Waals surface area (Å²) in [6.45, 7) is 7.85. The number of aliphatic hydroxyl groups excluding tert-OH is 1. The van der Waals surface area contributed by atoms with Crippen molar-refractivity contribution in [2.75, 3.05) is 80.6 Å². The lowest BCUT2D eigenvalue weighted by Gasteiger charge is -2.52. The molecule has 1 saturated carbocycles. The van der Waals surface area contributed by atoms with E-state index in [1.54, 1.807) is 39.2 Å². The number of hydrogen-bond donors (Lipinski definition) is 4. The Hall–Kier alpha value is -5.29. The number of ether oxygens (including phenoxy) is 2. The Bertz CT molecular complexity index is 2150. The Balaban J connectivity index is 0.796. The van der Waals surface area contributed by atoms with E-state index < -0.39 is 24.6 Å². The number of anilines is 5. The van der Waals surface area contributed by atoms with Gasteiger partial charge in [-0.05, 0) is 126 Å². The van der Waals surface area contributed by atoms with Crippen molar-refractivity contribution in [2.45, 2.75) is 95.4 Å². The molecule has 1 aliphatic carbocycles. The summed E-state index contributed by atoms with van der Waals surface area (Å²) in [5.74, 6) is -3.37. The zero-order valence-corrected chi connectivity index (χ0v) is 36.3. The van der Waals surface area contributed by atoms with Gasteiger partial charge in [0, 0.05) is 44.3 Å². The molecular weight excluding hydrogens is 801 g/mol. The molecule has 2 aromatic carbocycles. The zero-order chi connectivity index (χ0) is 43.9. The minimum Gasteiger partial charge on any atom is -0.495 e.